The fourth-order valence-electron chi connectivity index (χ4n) is 2.39. The Morgan fingerprint density at radius 3 is 2.57 bits per heavy atom. The van der Waals surface area contributed by atoms with Crippen molar-refractivity contribution in [3.05, 3.63) is 52.5 Å². The number of rotatable bonds is 5. The maximum absolute atomic E-state index is 12.7. The zero-order chi connectivity index (χ0) is 16.4. The highest BCUT2D eigenvalue weighted by molar-refractivity contribution is 7.89. The van der Waals surface area contributed by atoms with E-state index in [-0.39, 0.29) is 11.4 Å². The van der Waals surface area contributed by atoms with Gasteiger partial charge in [-0.05, 0) is 19.1 Å². The Labute approximate surface area is 139 Å². The minimum atomic E-state index is -3.63. The van der Waals surface area contributed by atoms with Gasteiger partial charge in [-0.25, -0.2) is 18.1 Å². The fourth-order valence-corrected chi connectivity index (χ4v) is 4.43. The van der Waals surface area contributed by atoms with E-state index in [1.54, 1.807) is 31.5 Å². The maximum Gasteiger partial charge on any atom is 0.241 e. The zero-order valence-electron chi connectivity index (χ0n) is 12.7. The average Bonchev–Trinajstić information content (AvgIpc) is 2.97. The number of nitrogens with one attached hydrogen (secondary N) is 1. The van der Waals surface area contributed by atoms with Crippen molar-refractivity contribution in [1.82, 2.24) is 9.71 Å². The summed E-state index contributed by atoms with van der Waals surface area (Å²) < 4.78 is 33.3. The lowest BCUT2D eigenvalue weighted by Crippen LogP contribution is -2.23. The summed E-state index contributed by atoms with van der Waals surface area (Å²) in [6.45, 7) is 2.12. The third-order valence-electron chi connectivity index (χ3n) is 3.46. The molecular formula is C16H16N2O3S2. The van der Waals surface area contributed by atoms with E-state index in [1.165, 1.54) is 11.3 Å². The van der Waals surface area contributed by atoms with Gasteiger partial charge in [0.2, 0.25) is 10.0 Å². The average molecular weight is 348 g/mol. The van der Waals surface area contributed by atoms with Crippen molar-refractivity contribution < 1.29 is 13.2 Å². The van der Waals surface area contributed by atoms with Gasteiger partial charge in [0.1, 0.15) is 5.75 Å². The van der Waals surface area contributed by atoms with Crippen LogP contribution in [0.15, 0.2) is 47.5 Å². The van der Waals surface area contributed by atoms with Crippen LogP contribution in [-0.2, 0) is 16.6 Å². The van der Waals surface area contributed by atoms with Gasteiger partial charge in [0.05, 0.1) is 17.0 Å². The number of benzene rings is 2. The van der Waals surface area contributed by atoms with Gasteiger partial charge >= 0.3 is 0 Å². The second-order valence-corrected chi connectivity index (χ2v) is 8.04. The predicted molar refractivity (Wildman–Crippen MR) is 91.4 cm³/mol. The molecule has 3 rings (SSSR count). The van der Waals surface area contributed by atoms with E-state index in [9.17, 15) is 8.42 Å². The molecule has 5 nitrogen and oxygen atoms in total. The molecule has 0 aliphatic carbocycles. The molecular weight excluding hydrogens is 332 g/mol. The molecule has 23 heavy (non-hydrogen) atoms. The van der Waals surface area contributed by atoms with Crippen LogP contribution >= 0.6 is 11.3 Å². The van der Waals surface area contributed by atoms with E-state index in [2.05, 4.69) is 9.71 Å². The number of thiazole rings is 1. The van der Waals surface area contributed by atoms with E-state index in [0.29, 0.717) is 11.1 Å². The third-order valence-corrected chi connectivity index (χ3v) is 5.83. The maximum atomic E-state index is 12.7. The number of sulfonamides is 1. The number of fused-ring (bicyclic) bond motifs is 1. The van der Waals surface area contributed by atoms with Crippen LogP contribution in [0.1, 0.15) is 9.88 Å². The summed E-state index contributed by atoms with van der Waals surface area (Å²) in [6.07, 6.45) is 1.69. The summed E-state index contributed by atoms with van der Waals surface area (Å²) in [5, 5.41) is 2.32. The Morgan fingerprint density at radius 1 is 1.17 bits per heavy atom. The zero-order valence-corrected chi connectivity index (χ0v) is 14.4. The van der Waals surface area contributed by atoms with Gasteiger partial charge in [0, 0.05) is 28.4 Å². The molecule has 0 saturated heterocycles. The van der Waals surface area contributed by atoms with Crippen molar-refractivity contribution in [3.63, 3.8) is 0 Å². The van der Waals surface area contributed by atoms with Crippen molar-refractivity contribution in [2.45, 2.75) is 18.4 Å². The lowest BCUT2D eigenvalue weighted by molar-refractivity contribution is 0.419. The Morgan fingerprint density at radius 2 is 1.91 bits per heavy atom. The number of aryl methyl sites for hydroxylation is 1. The van der Waals surface area contributed by atoms with Gasteiger partial charge in [-0.2, -0.15) is 0 Å². The van der Waals surface area contributed by atoms with Crippen LogP contribution in [-0.4, -0.2) is 20.5 Å². The van der Waals surface area contributed by atoms with Gasteiger partial charge < -0.3 is 4.74 Å². The molecule has 120 valence electrons. The van der Waals surface area contributed by atoms with Gasteiger partial charge in [0.15, 0.2) is 0 Å². The number of methoxy groups -OCH3 is 1. The van der Waals surface area contributed by atoms with Crippen molar-refractivity contribution in [1.29, 1.82) is 0 Å². The molecule has 0 saturated carbocycles. The first-order valence-corrected chi connectivity index (χ1v) is 9.28. The topological polar surface area (TPSA) is 68.3 Å². The van der Waals surface area contributed by atoms with E-state index in [0.717, 1.165) is 15.3 Å². The highest BCUT2D eigenvalue weighted by Crippen LogP contribution is 2.30. The lowest BCUT2D eigenvalue weighted by Gasteiger charge is -2.11. The summed E-state index contributed by atoms with van der Waals surface area (Å²) in [7, 11) is -2.06. The molecule has 0 fully saturated rings. The van der Waals surface area contributed by atoms with E-state index < -0.39 is 10.0 Å². The SMILES string of the molecule is COc1ccc(S(=O)(=O)NCc2cnc(C)s2)c2ccccc12. The second kappa shape index (κ2) is 6.27. The van der Waals surface area contributed by atoms with E-state index in [1.807, 2.05) is 25.1 Å². The van der Waals surface area contributed by atoms with Crippen LogP contribution in [0.2, 0.25) is 0 Å². The third kappa shape index (κ3) is 3.21. The molecule has 1 N–H and O–H groups in total. The van der Waals surface area contributed by atoms with Crippen LogP contribution in [0, 0.1) is 6.92 Å². The molecule has 2 aromatic carbocycles. The number of aromatic nitrogens is 1. The monoisotopic (exact) mass is 348 g/mol. The molecule has 0 aliphatic rings. The number of hydrogen-bond donors (Lipinski definition) is 1. The van der Waals surface area contributed by atoms with Gasteiger partial charge in [-0.1, -0.05) is 24.3 Å². The summed E-state index contributed by atoms with van der Waals surface area (Å²) >= 11 is 1.48. The van der Waals surface area contributed by atoms with Crippen LogP contribution in [0.25, 0.3) is 10.8 Å². The first kappa shape index (κ1) is 15.9. The molecule has 0 bridgehead atoms. The highest BCUT2D eigenvalue weighted by Gasteiger charge is 2.19. The largest absolute Gasteiger partial charge is 0.496 e. The first-order valence-electron chi connectivity index (χ1n) is 6.98. The van der Waals surface area contributed by atoms with Crippen LogP contribution in [0.5, 0.6) is 5.75 Å². The second-order valence-electron chi connectivity index (χ2n) is 4.98. The summed E-state index contributed by atoms with van der Waals surface area (Å²) in [6, 6.07) is 10.5. The molecule has 0 amide bonds. The number of nitrogens with zero attached hydrogens (tertiary/aromatic N) is 1. The summed E-state index contributed by atoms with van der Waals surface area (Å²) in [4.78, 5) is 5.25. The summed E-state index contributed by atoms with van der Waals surface area (Å²) in [5.74, 6) is 0.651. The molecule has 0 aliphatic heterocycles. The van der Waals surface area contributed by atoms with Gasteiger partial charge in [-0.3, -0.25) is 0 Å². The van der Waals surface area contributed by atoms with Gasteiger partial charge in [0.25, 0.3) is 0 Å². The molecule has 0 radical (unpaired) electrons. The Hall–Kier alpha value is -1.96. The fraction of sp³-hybridized carbons (Fsp3) is 0.188. The minimum Gasteiger partial charge on any atom is -0.496 e. The highest BCUT2D eigenvalue weighted by atomic mass is 32.2. The number of ether oxygens (including phenoxy) is 1. The Bertz CT molecular complexity index is 949. The minimum absolute atomic E-state index is 0.230. The molecule has 7 heteroatoms. The van der Waals surface area contributed by atoms with Crippen molar-refractivity contribution in [3.8, 4) is 5.75 Å². The van der Waals surface area contributed by atoms with E-state index in [4.69, 9.17) is 4.74 Å². The molecule has 0 unspecified atom stereocenters. The number of hydrogen-bond acceptors (Lipinski definition) is 5. The van der Waals surface area contributed by atoms with Crippen molar-refractivity contribution in [2.75, 3.05) is 7.11 Å². The Kier molecular flexibility index (Phi) is 4.34. The lowest BCUT2D eigenvalue weighted by atomic mass is 10.1. The smallest absolute Gasteiger partial charge is 0.241 e. The molecule has 0 spiro atoms. The normalized spacial score (nSPS) is 11.7. The molecule has 1 aromatic heterocycles. The molecule has 3 aromatic rings. The predicted octanol–water partition coefficient (Wildman–Crippen LogP) is 3.09. The molecule has 1 heterocycles. The van der Waals surface area contributed by atoms with E-state index >= 15 is 0 Å². The van der Waals surface area contributed by atoms with Crippen molar-refractivity contribution >= 4 is 32.1 Å². The van der Waals surface area contributed by atoms with Crippen molar-refractivity contribution in [2.24, 2.45) is 0 Å². The Balaban J connectivity index is 1.98. The quantitative estimate of drug-likeness (QED) is 0.769. The van der Waals surface area contributed by atoms with Crippen LogP contribution in [0.3, 0.4) is 0 Å². The van der Waals surface area contributed by atoms with Crippen LogP contribution in [0.4, 0.5) is 0 Å². The molecule has 0 atom stereocenters. The first-order chi connectivity index (χ1) is 11.0. The summed E-state index contributed by atoms with van der Waals surface area (Å²) in [5.41, 5.74) is 0. The standard InChI is InChI=1S/C16H16N2O3S2/c1-11-17-9-12(22-11)10-18-23(19,20)16-8-7-15(21-2)13-5-3-4-6-14(13)16/h3-9,18H,10H2,1-2H3. The van der Waals surface area contributed by atoms with Crippen LogP contribution < -0.4 is 9.46 Å². The van der Waals surface area contributed by atoms with Gasteiger partial charge in [-0.15, -0.1) is 11.3 Å².